The number of hydrogen-bond acceptors (Lipinski definition) is 5. The van der Waals surface area contributed by atoms with Gasteiger partial charge in [-0.1, -0.05) is 63.4 Å². The molecule has 0 aromatic heterocycles. The fourth-order valence-electron chi connectivity index (χ4n) is 3.20. The van der Waals surface area contributed by atoms with E-state index in [2.05, 4.69) is 5.32 Å². The third kappa shape index (κ3) is 8.13. The third-order valence-corrected chi connectivity index (χ3v) is 4.95. The molecule has 1 saturated heterocycles. The highest BCUT2D eigenvalue weighted by molar-refractivity contribution is 5.85. The number of alkyl carbamates (subject to hydrolysis) is 1. The minimum atomic E-state index is -0.876. The van der Waals surface area contributed by atoms with Gasteiger partial charge in [-0.25, -0.2) is 9.59 Å². The van der Waals surface area contributed by atoms with Gasteiger partial charge in [0.2, 0.25) is 0 Å². The van der Waals surface area contributed by atoms with E-state index in [1.165, 1.54) is 6.42 Å². The Bertz CT molecular complexity index is 654. The van der Waals surface area contributed by atoms with E-state index < -0.39 is 18.1 Å². The van der Waals surface area contributed by atoms with E-state index in [1.54, 1.807) is 18.7 Å². The molecule has 2 amide bonds. The fraction of sp³-hybridized carbons (Fsp3) is 0.591. The number of carbonyl (C=O) groups is 3. The highest BCUT2D eigenvalue weighted by Crippen LogP contribution is 2.11. The molecule has 160 valence electrons. The molecule has 2 rings (SSSR count). The van der Waals surface area contributed by atoms with Crippen molar-refractivity contribution in [1.82, 2.24) is 10.2 Å². The van der Waals surface area contributed by atoms with Crippen LogP contribution in [0.15, 0.2) is 30.3 Å². The quantitative estimate of drug-likeness (QED) is 0.705. The Morgan fingerprint density at radius 3 is 2.21 bits per heavy atom. The number of rotatable bonds is 7. The number of hydrogen-bond donors (Lipinski definition) is 1. The molecule has 0 unspecified atom stereocenters. The summed E-state index contributed by atoms with van der Waals surface area (Å²) >= 11 is 0. The van der Waals surface area contributed by atoms with Crippen LogP contribution in [0.4, 0.5) is 4.79 Å². The van der Waals surface area contributed by atoms with Gasteiger partial charge in [0.25, 0.3) is 5.91 Å². The van der Waals surface area contributed by atoms with Gasteiger partial charge in [-0.3, -0.25) is 4.79 Å². The van der Waals surface area contributed by atoms with Crippen molar-refractivity contribution in [2.45, 2.75) is 58.6 Å². The lowest BCUT2D eigenvalue weighted by atomic mass is 10.1. The molecule has 1 atom stereocenters. The zero-order chi connectivity index (χ0) is 21.1. The molecule has 0 radical (unpaired) electrons. The lowest BCUT2D eigenvalue weighted by molar-refractivity contribution is -0.154. The van der Waals surface area contributed by atoms with Crippen LogP contribution in [0.2, 0.25) is 0 Å². The molecule has 0 saturated carbocycles. The summed E-state index contributed by atoms with van der Waals surface area (Å²) in [6.45, 7) is 4.80. The van der Waals surface area contributed by atoms with Crippen LogP contribution >= 0.6 is 0 Å². The second-order valence-electron chi connectivity index (χ2n) is 7.68. The Hall–Kier alpha value is -2.57. The molecule has 7 nitrogen and oxygen atoms in total. The number of amides is 2. The summed E-state index contributed by atoms with van der Waals surface area (Å²) in [5, 5.41) is 2.55. The van der Waals surface area contributed by atoms with Crippen LogP contribution in [0, 0.1) is 5.92 Å². The van der Waals surface area contributed by atoms with Gasteiger partial charge in [-0.05, 0) is 24.3 Å². The topological polar surface area (TPSA) is 84.9 Å². The zero-order valence-corrected chi connectivity index (χ0v) is 17.4. The number of ether oxygens (including phenoxy) is 2. The first kappa shape index (κ1) is 22.7. The first-order valence-corrected chi connectivity index (χ1v) is 10.4. The van der Waals surface area contributed by atoms with Gasteiger partial charge in [0.1, 0.15) is 12.6 Å². The van der Waals surface area contributed by atoms with E-state index in [9.17, 15) is 14.4 Å². The lowest BCUT2D eigenvalue weighted by Crippen LogP contribution is -2.46. The molecule has 1 aromatic rings. The summed E-state index contributed by atoms with van der Waals surface area (Å²) in [4.78, 5) is 38.7. The molecule has 0 spiro atoms. The van der Waals surface area contributed by atoms with Crippen molar-refractivity contribution in [2.75, 3.05) is 19.7 Å². The van der Waals surface area contributed by atoms with Gasteiger partial charge < -0.3 is 19.7 Å². The summed E-state index contributed by atoms with van der Waals surface area (Å²) in [6, 6.07) is 8.40. The number of esters is 1. The second-order valence-corrected chi connectivity index (χ2v) is 7.68. The van der Waals surface area contributed by atoms with Gasteiger partial charge in [0.05, 0.1) is 0 Å². The highest BCUT2D eigenvalue weighted by atomic mass is 16.6. The van der Waals surface area contributed by atoms with Crippen LogP contribution in [0.25, 0.3) is 0 Å². The summed E-state index contributed by atoms with van der Waals surface area (Å²) in [6.07, 6.45) is 4.70. The zero-order valence-electron chi connectivity index (χ0n) is 17.4. The Kier molecular flexibility index (Phi) is 9.47. The molecule has 7 heteroatoms. The molecule has 29 heavy (non-hydrogen) atoms. The van der Waals surface area contributed by atoms with Gasteiger partial charge >= 0.3 is 12.1 Å². The van der Waals surface area contributed by atoms with Gasteiger partial charge in [0.15, 0.2) is 6.61 Å². The van der Waals surface area contributed by atoms with Crippen molar-refractivity contribution in [3.8, 4) is 0 Å². The number of benzene rings is 1. The summed E-state index contributed by atoms with van der Waals surface area (Å²) in [5.74, 6) is -1.02. The number of nitrogens with one attached hydrogen (secondary N) is 1. The molecule has 1 aromatic carbocycles. The van der Waals surface area contributed by atoms with Crippen molar-refractivity contribution in [3.63, 3.8) is 0 Å². The minimum absolute atomic E-state index is 0.111. The van der Waals surface area contributed by atoms with Crippen molar-refractivity contribution in [2.24, 2.45) is 5.92 Å². The van der Waals surface area contributed by atoms with Crippen LogP contribution < -0.4 is 5.32 Å². The average Bonchev–Trinajstić information content (AvgIpc) is 2.68. The maximum Gasteiger partial charge on any atom is 0.408 e. The van der Waals surface area contributed by atoms with E-state index in [0.717, 1.165) is 31.2 Å². The minimum Gasteiger partial charge on any atom is -0.454 e. The monoisotopic (exact) mass is 404 g/mol. The largest absolute Gasteiger partial charge is 0.454 e. The van der Waals surface area contributed by atoms with Crippen LogP contribution in [0.3, 0.4) is 0 Å². The van der Waals surface area contributed by atoms with Crippen LogP contribution in [-0.2, 0) is 25.7 Å². The summed E-state index contributed by atoms with van der Waals surface area (Å²) in [5.41, 5.74) is 0.852. The van der Waals surface area contributed by atoms with Gasteiger partial charge in [-0.15, -0.1) is 0 Å². The third-order valence-electron chi connectivity index (χ3n) is 4.95. The SMILES string of the molecule is CC(C)[C@H](NC(=O)OCc1ccccc1)C(=O)OCC(=O)N1CCCCCCC1. The predicted molar refractivity (Wildman–Crippen MR) is 109 cm³/mol. The van der Waals surface area contributed by atoms with Crippen molar-refractivity contribution < 1.29 is 23.9 Å². The molecule has 1 aliphatic rings. The van der Waals surface area contributed by atoms with Crippen molar-refractivity contribution in [1.29, 1.82) is 0 Å². The summed E-state index contributed by atoms with van der Waals surface area (Å²) in [7, 11) is 0. The standard InChI is InChI=1S/C22H32N2O5/c1-17(2)20(23-22(27)29-15-18-11-7-6-8-12-18)21(26)28-16-19(25)24-13-9-4-3-5-10-14-24/h6-8,11-12,17,20H,3-5,9-10,13-16H2,1-2H3,(H,23,27)/t20-/m0/s1. The molecule has 1 N–H and O–H groups in total. The maximum absolute atomic E-state index is 12.4. The lowest BCUT2D eigenvalue weighted by Gasteiger charge is -2.25. The number of likely N-dealkylation sites (tertiary alicyclic amines) is 1. The van der Waals surface area contributed by atoms with Crippen LogP contribution in [-0.4, -0.2) is 48.6 Å². The van der Waals surface area contributed by atoms with E-state index in [-0.39, 0.29) is 25.0 Å². The number of nitrogens with zero attached hydrogens (tertiary/aromatic N) is 1. The first-order chi connectivity index (χ1) is 14.0. The molecule has 0 aliphatic carbocycles. The Balaban J connectivity index is 1.80. The van der Waals surface area contributed by atoms with E-state index in [0.29, 0.717) is 13.1 Å². The van der Waals surface area contributed by atoms with Crippen molar-refractivity contribution >= 4 is 18.0 Å². The average molecular weight is 405 g/mol. The van der Waals surface area contributed by atoms with Gasteiger partial charge in [-0.2, -0.15) is 0 Å². The molecule has 0 bridgehead atoms. The normalized spacial score (nSPS) is 15.8. The number of carbonyl (C=O) groups excluding carboxylic acids is 3. The Labute approximate surface area is 172 Å². The first-order valence-electron chi connectivity index (χ1n) is 10.4. The van der Waals surface area contributed by atoms with Crippen LogP contribution in [0.5, 0.6) is 0 Å². The Morgan fingerprint density at radius 1 is 0.966 bits per heavy atom. The van der Waals surface area contributed by atoms with E-state index in [4.69, 9.17) is 9.47 Å². The molecular formula is C22H32N2O5. The van der Waals surface area contributed by atoms with E-state index in [1.807, 2.05) is 30.3 Å². The summed E-state index contributed by atoms with van der Waals surface area (Å²) < 4.78 is 10.4. The molecule has 1 aliphatic heterocycles. The highest BCUT2D eigenvalue weighted by Gasteiger charge is 2.27. The smallest absolute Gasteiger partial charge is 0.408 e. The van der Waals surface area contributed by atoms with E-state index >= 15 is 0 Å². The fourth-order valence-corrected chi connectivity index (χ4v) is 3.20. The molecule has 1 fully saturated rings. The second kappa shape index (κ2) is 12.1. The maximum atomic E-state index is 12.4. The Morgan fingerprint density at radius 2 is 1.59 bits per heavy atom. The predicted octanol–water partition coefficient (Wildman–Crippen LogP) is 3.27. The van der Waals surface area contributed by atoms with Crippen molar-refractivity contribution in [3.05, 3.63) is 35.9 Å². The van der Waals surface area contributed by atoms with Gasteiger partial charge in [0, 0.05) is 13.1 Å². The molecule has 1 heterocycles. The van der Waals surface area contributed by atoms with Crippen LogP contribution in [0.1, 0.15) is 51.5 Å². The molecular weight excluding hydrogens is 372 g/mol.